The predicted octanol–water partition coefficient (Wildman–Crippen LogP) is 3.84. The van der Waals surface area contributed by atoms with Gasteiger partial charge in [0.15, 0.2) is 12.3 Å². The second-order valence-electron chi connectivity index (χ2n) is 6.23. The van der Waals surface area contributed by atoms with E-state index in [1.165, 1.54) is 5.56 Å². The number of carbonyl (C=O) groups excluding carboxylic acids is 2. The van der Waals surface area contributed by atoms with Gasteiger partial charge in [-0.2, -0.15) is 5.10 Å². The Hall–Kier alpha value is -2.95. The summed E-state index contributed by atoms with van der Waals surface area (Å²) >= 11 is 0. The Labute approximate surface area is 146 Å². The summed E-state index contributed by atoms with van der Waals surface area (Å²) in [4.78, 5) is 24.8. The molecule has 3 aromatic rings. The number of esters is 1. The van der Waals surface area contributed by atoms with Crippen LogP contribution in [0.2, 0.25) is 0 Å². The largest absolute Gasteiger partial charge is 0.452 e. The number of fused-ring (bicyclic) bond motifs is 1. The second kappa shape index (κ2) is 6.51. The summed E-state index contributed by atoms with van der Waals surface area (Å²) in [6.45, 7) is 7.62. The molecule has 0 aliphatic carbocycles. The van der Waals surface area contributed by atoms with E-state index in [9.17, 15) is 9.59 Å². The topological polar surface area (TPSA) is 72.1 Å². The maximum Gasteiger partial charge on any atom is 0.359 e. The van der Waals surface area contributed by atoms with Crippen molar-refractivity contribution >= 4 is 22.7 Å². The molecule has 3 rings (SSSR count). The van der Waals surface area contributed by atoms with Crippen LogP contribution < -0.4 is 0 Å². The molecule has 0 aliphatic heterocycles. The van der Waals surface area contributed by atoms with E-state index in [-0.39, 0.29) is 18.1 Å². The van der Waals surface area contributed by atoms with Gasteiger partial charge in [0, 0.05) is 10.9 Å². The third-order valence-corrected chi connectivity index (χ3v) is 4.78. The van der Waals surface area contributed by atoms with Crippen molar-refractivity contribution in [3.63, 3.8) is 0 Å². The monoisotopic (exact) mass is 336 g/mol. The van der Waals surface area contributed by atoms with Gasteiger partial charge in [0.2, 0.25) is 5.78 Å². The number of ether oxygens (including phenoxy) is 1. The number of para-hydroxylation sites is 1. The molecule has 128 valence electrons. The fourth-order valence-electron chi connectivity index (χ4n) is 2.90. The molecule has 0 radical (unpaired) electrons. The number of H-pyrrole nitrogens is 1. The van der Waals surface area contributed by atoms with Gasteiger partial charge in [0.05, 0.1) is 5.52 Å². The Kier molecular flexibility index (Phi) is 4.40. The van der Waals surface area contributed by atoms with Crippen LogP contribution in [0, 0.1) is 27.7 Å². The lowest BCUT2D eigenvalue weighted by Gasteiger charge is -2.13. The van der Waals surface area contributed by atoms with E-state index in [4.69, 9.17) is 4.74 Å². The van der Waals surface area contributed by atoms with E-state index in [0.717, 1.165) is 22.2 Å². The van der Waals surface area contributed by atoms with Crippen molar-refractivity contribution < 1.29 is 14.3 Å². The predicted molar refractivity (Wildman–Crippen MR) is 96.1 cm³/mol. The zero-order valence-corrected chi connectivity index (χ0v) is 14.8. The van der Waals surface area contributed by atoms with Crippen LogP contribution in [0.15, 0.2) is 30.3 Å². The number of aromatic nitrogens is 2. The standard InChI is InChI=1S/C20H20N2O3/c1-11-9-16(14(4)13(3)12(11)2)18(23)10-25-20(24)19-15-7-5-6-8-17(15)21-22-19/h5-9H,10H2,1-4H3,(H,21,22). The van der Waals surface area contributed by atoms with Crippen LogP contribution in [-0.2, 0) is 4.74 Å². The van der Waals surface area contributed by atoms with Gasteiger partial charge in [-0.1, -0.05) is 18.2 Å². The van der Waals surface area contributed by atoms with Crippen molar-refractivity contribution in [2.75, 3.05) is 6.61 Å². The van der Waals surface area contributed by atoms with Gasteiger partial charge in [-0.05, 0) is 62.1 Å². The van der Waals surface area contributed by atoms with E-state index in [1.54, 1.807) is 6.07 Å². The number of ketones is 1. The molecule has 0 aliphatic rings. The summed E-state index contributed by atoms with van der Waals surface area (Å²) in [6, 6.07) is 9.14. The number of benzene rings is 2. The van der Waals surface area contributed by atoms with Crippen LogP contribution in [0.1, 0.15) is 43.1 Å². The molecule has 25 heavy (non-hydrogen) atoms. The SMILES string of the molecule is Cc1cc(C(=O)COC(=O)c2n[nH]c3ccccc23)c(C)c(C)c1C. The van der Waals surface area contributed by atoms with Crippen molar-refractivity contribution in [3.8, 4) is 0 Å². The number of nitrogens with one attached hydrogen (secondary N) is 1. The Morgan fingerprint density at radius 3 is 2.52 bits per heavy atom. The van der Waals surface area contributed by atoms with Crippen molar-refractivity contribution in [2.45, 2.75) is 27.7 Å². The number of carbonyl (C=O) groups is 2. The van der Waals surface area contributed by atoms with E-state index in [1.807, 2.05) is 52.0 Å². The zero-order valence-electron chi connectivity index (χ0n) is 14.8. The van der Waals surface area contributed by atoms with Gasteiger partial charge in [-0.15, -0.1) is 0 Å². The summed E-state index contributed by atoms with van der Waals surface area (Å²) in [5.41, 5.74) is 5.78. The number of Topliss-reactive ketones (excluding diaryl/α,β-unsaturated/α-hetero) is 1. The average Bonchev–Trinajstić information content (AvgIpc) is 3.04. The smallest absolute Gasteiger partial charge is 0.359 e. The first-order chi connectivity index (χ1) is 11.9. The number of hydrogen-bond donors (Lipinski definition) is 1. The van der Waals surface area contributed by atoms with Crippen molar-refractivity contribution in [2.24, 2.45) is 0 Å². The minimum absolute atomic E-state index is 0.191. The third kappa shape index (κ3) is 3.05. The van der Waals surface area contributed by atoms with Crippen molar-refractivity contribution in [1.29, 1.82) is 0 Å². The normalized spacial score (nSPS) is 10.9. The lowest BCUT2D eigenvalue weighted by atomic mass is 9.93. The molecular weight excluding hydrogens is 316 g/mol. The molecule has 0 amide bonds. The number of aromatic amines is 1. The number of nitrogens with zero attached hydrogens (tertiary/aromatic N) is 1. The number of aryl methyl sites for hydroxylation is 1. The highest BCUT2D eigenvalue weighted by Crippen LogP contribution is 2.22. The first-order valence-electron chi connectivity index (χ1n) is 8.11. The van der Waals surface area contributed by atoms with Gasteiger partial charge in [0.25, 0.3) is 0 Å². The first kappa shape index (κ1) is 16.9. The maximum absolute atomic E-state index is 12.5. The van der Waals surface area contributed by atoms with Crippen LogP contribution >= 0.6 is 0 Å². The Morgan fingerprint density at radius 2 is 1.76 bits per heavy atom. The molecule has 0 spiro atoms. The molecule has 5 heteroatoms. The van der Waals surface area contributed by atoms with Crippen LogP contribution in [0.3, 0.4) is 0 Å². The minimum Gasteiger partial charge on any atom is -0.452 e. The fraction of sp³-hybridized carbons (Fsp3) is 0.250. The third-order valence-electron chi connectivity index (χ3n) is 4.78. The van der Waals surface area contributed by atoms with Gasteiger partial charge >= 0.3 is 5.97 Å². The summed E-state index contributed by atoms with van der Waals surface area (Å²) < 4.78 is 5.20. The summed E-state index contributed by atoms with van der Waals surface area (Å²) in [5.74, 6) is -0.819. The molecule has 1 heterocycles. The lowest BCUT2D eigenvalue weighted by Crippen LogP contribution is -2.16. The second-order valence-corrected chi connectivity index (χ2v) is 6.23. The highest BCUT2D eigenvalue weighted by molar-refractivity contribution is 6.04. The van der Waals surface area contributed by atoms with Crippen LogP contribution in [-0.4, -0.2) is 28.6 Å². The molecule has 5 nitrogen and oxygen atoms in total. The van der Waals surface area contributed by atoms with Crippen molar-refractivity contribution in [3.05, 3.63) is 63.8 Å². The zero-order chi connectivity index (χ0) is 18.1. The van der Waals surface area contributed by atoms with Crippen LogP contribution in [0.4, 0.5) is 0 Å². The molecule has 0 unspecified atom stereocenters. The van der Waals surface area contributed by atoms with E-state index >= 15 is 0 Å². The van der Waals surface area contributed by atoms with Gasteiger partial charge < -0.3 is 4.74 Å². The molecule has 0 saturated heterocycles. The van der Waals surface area contributed by atoms with E-state index < -0.39 is 5.97 Å². The molecule has 1 N–H and O–H groups in total. The van der Waals surface area contributed by atoms with E-state index in [2.05, 4.69) is 10.2 Å². The molecule has 0 bridgehead atoms. The fourth-order valence-corrected chi connectivity index (χ4v) is 2.90. The molecule has 1 aromatic heterocycles. The average molecular weight is 336 g/mol. The highest BCUT2D eigenvalue weighted by Gasteiger charge is 2.19. The maximum atomic E-state index is 12.5. The highest BCUT2D eigenvalue weighted by atomic mass is 16.5. The Balaban J connectivity index is 1.78. The molecule has 2 aromatic carbocycles. The van der Waals surface area contributed by atoms with Crippen LogP contribution in [0.25, 0.3) is 10.9 Å². The summed E-state index contributed by atoms with van der Waals surface area (Å²) in [6.07, 6.45) is 0. The Bertz CT molecular complexity index is 986. The number of hydrogen-bond acceptors (Lipinski definition) is 4. The summed E-state index contributed by atoms with van der Waals surface area (Å²) in [7, 11) is 0. The van der Waals surface area contributed by atoms with E-state index in [0.29, 0.717) is 10.9 Å². The minimum atomic E-state index is -0.607. The molecule has 0 saturated carbocycles. The van der Waals surface area contributed by atoms with Gasteiger partial charge in [-0.3, -0.25) is 9.89 Å². The summed E-state index contributed by atoms with van der Waals surface area (Å²) in [5, 5.41) is 7.45. The van der Waals surface area contributed by atoms with Gasteiger partial charge in [0.1, 0.15) is 0 Å². The number of rotatable bonds is 4. The molecule has 0 fully saturated rings. The van der Waals surface area contributed by atoms with Gasteiger partial charge in [-0.25, -0.2) is 4.79 Å². The lowest BCUT2D eigenvalue weighted by molar-refractivity contribution is 0.0470. The Morgan fingerprint density at radius 1 is 1.04 bits per heavy atom. The quantitative estimate of drug-likeness (QED) is 0.580. The van der Waals surface area contributed by atoms with Crippen LogP contribution in [0.5, 0.6) is 0 Å². The molecule has 0 atom stereocenters. The van der Waals surface area contributed by atoms with Crippen molar-refractivity contribution in [1.82, 2.24) is 10.2 Å². The first-order valence-corrected chi connectivity index (χ1v) is 8.11. The molecular formula is C20H20N2O3.